The van der Waals surface area contributed by atoms with Crippen molar-refractivity contribution in [3.05, 3.63) is 60.2 Å². The van der Waals surface area contributed by atoms with Gasteiger partial charge in [-0.1, -0.05) is 24.3 Å². The summed E-state index contributed by atoms with van der Waals surface area (Å²) in [6, 6.07) is 13.0. The number of nitrogens with one attached hydrogen (secondary N) is 2. The molecule has 0 spiro atoms. The van der Waals surface area contributed by atoms with E-state index in [1.165, 1.54) is 43.3 Å². The van der Waals surface area contributed by atoms with Gasteiger partial charge in [0.25, 0.3) is 15.9 Å². The number of benzene rings is 2. The van der Waals surface area contributed by atoms with Crippen LogP contribution in [0.1, 0.15) is 17.3 Å². The average molecular weight is 417 g/mol. The Hall–Kier alpha value is -3.40. The van der Waals surface area contributed by atoms with Crippen LogP contribution >= 0.6 is 0 Å². The minimum absolute atomic E-state index is 0.0591. The summed E-state index contributed by atoms with van der Waals surface area (Å²) < 4.78 is 32.4. The predicted molar refractivity (Wildman–Crippen MR) is 104 cm³/mol. The van der Waals surface area contributed by atoms with Gasteiger partial charge in [-0.2, -0.15) is 0 Å². The third-order valence-corrected chi connectivity index (χ3v) is 5.56. The molecule has 1 aliphatic rings. The number of hydrogen-bond acceptors (Lipinski definition) is 6. The lowest BCUT2D eigenvalue weighted by Gasteiger charge is -2.18. The number of urea groups is 1. The van der Waals surface area contributed by atoms with Crippen LogP contribution < -0.4 is 10.0 Å². The number of sulfonamides is 1. The van der Waals surface area contributed by atoms with E-state index in [1.807, 2.05) is 0 Å². The van der Waals surface area contributed by atoms with Crippen LogP contribution in [-0.4, -0.2) is 50.4 Å². The Morgan fingerprint density at radius 2 is 1.86 bits per heavy atom. The molecule has 29 heavy (non-hydrogen) atoms. The number of esters is 1. The lowest BCUT2D eigenvalue weighted by molar-refractivity contribution is -0.136. The first kappa shape index (κ1) is 20.3. The van der Waals surface area contributed by atoms with Gasteiger partial charge in [0.2, 0.25) is 0 Å². The van der Waals surface area contributed by atoms with Gasteiger partial charge in [0.1, 0.15) is 0 Å². The van der Waals surface area contributed by atoms with Crippen LogP contribution in [0.2, 0.25) is 0 Å². The zero-order valence-corrected chi connectivity index (χ0v) is 16.3. The quantitative estimate of drug-likeness (QED) is 0.689. The minimum Gasteiger partial charge on any atom is -0.449 e. The van der Waals surface area contributed by atoms with Crippen LogP contribution in [0, 0.1) is 0 Å². The Labute approximate surface area is 167 Å². The van der Waals surface area contributed by atoms with Crippen molar-refractivity contribution < 1.29 is 27.5 Å². The van der Waals surface area contributed by atoms with Gasteiger partial charge >= 0.3 is 12.0 Å². The van der Waals surface area contributed by atoms with Crippen LogP contribution in [0.3, 0.4) is 0 Å². The molecule has 0 saturated carbocycles. The molecular formula is C19H19N3O6S. The molecule has 0 bridgehead atoms. The zero-order chi connectivity index (χ0) is 21.0. The van der Waals surface area contributed by atoms with Gasteiger partial charge in [-0.15, -0.1) is 0 Å². The minimum atomic E-state index is -3.82. The van der Waals surface area contributed by atoms with Crippen molar-refractivity contribution in [1.82, 2.24) is 10.2 Å². The van der Waals surface area contributed by atoms with Crippen molar-refractivity contribution in [3.8, 4) is 0 Å². The third-order valence-electron chi connectivity index (χ3n) is 4.16. The first-order valence-electron chi connectivity index (χ1n) is 8.76. The van der Waals surface area contributed by atoms with Gasteiger partial charge in [0.15, 0.2) is 6.10 Å². The highest BCUT2D eigenvalue weighted by molar-refractivity contribution is 7.92. The molecule has 0 aliphatic carbocycles. The number of carbonyl (C=O) groups excluding carboxylic acids is 3. The fourth-order valence-electron chi connectivity index (χ4n) is 2.70. The Bertz CT molecular complexity index is 1040. The standard InChI is InChI=1S/C19H19N3O6S/c1-13(17(23)22-11-10-20-19(22)25)28-18(24)14-6-5-7-15(12-14)21-29(26,27)16-8-3-2-4-9-16/h2-9,12-13,21H,10-11H2,1H3,(H,20,25)/t13-/m1/s1. The smallest absolute Gasteiger partial charge is 0.338 e. The SMILES string of the molecule is C[C@@H](OC(=O)c1cccc(NS(=O)(=O)c2ccccc2)c1)C(=O)N1CCNC1=O. The summed E-state index contributed by atoms with van der Waals surface area (Å²) in [6.45, 7) is 1.92. The molecule has 0 unspecified atom stereocenters. The highest BCUT2D eigenvalue weighted by Gasteiger charge is 2.31. The molecule has 2 aromatic carbocycles. The molecule has 3 rings (SSSR count). The fourth-order valence-corrected chi connectivity index (χ4v) is 3.77. The van der Waals surface area contributed by atoms with Gasteiger partial charge in [-0.25, -0.2) is 18.0 Å². The fraction of sp³-hybridized carbons (Fsp3) is 0.211. The maximum atomic E-state index is 12.4. The van der Waals surface area contributed by atoms with Gasteiger partial charge in [-0.05, 0) is 37.3 Å². The predicted octanol–water partition coefficient (Wildman–Crippen LogP) is 1.58. The van der Waals surface area contributed by atoms with Crippen molar-refractivity contribution in [1.29, 1.82) is 0 Å². The molecule has 152 valence electrons. The molecule has 3 amide bonds. The Balaban J connectivity index is 1.69. The van der Waals surface area contributed by atoms with Crippen LogP contribution in [0.15, 0.2) is 59.5 Å². The number of nitrogens with zero attached hydrogens (tertiary/aromatic N) is 1. The molecule has 1 aliphatic heterocycles. The summed E-state index contributed by atoms with van der Waals surface area (Å²) in [4.78, 5) is 37.2. The van der Waals surface area contributed by atoms with E-state index in [0.717, 1.165) is 4.90 Å². The Kier molecular flexibility index (Phi) is 5.83. The molecule has 0 radical (unpaired) electrons. The van der Waals surface area contributed by atoms with Crippen LogP contribution in [-0.2, 0) is 19.6 Å². The summed E-state index contributed by atoms with van der Waals surface area (Å²) in [5, 5.41) is 2.49. The molecule has 9 nitrogen and oxygen atoms in total. The van der Waals surface area contributed by atoms with E-state index in [-0.39, 0.29) is 22.7 Å². The second kappa shape index (κ2) is 8.31. The van der Waals surface area contributed by atoms with Gasteiger partial charge < -0.3 is 10.1 Å². The average Bonchev–Trinajstić information content (AvgIpc) is 3.13. The van der Waals surface area contributed by atoms with E-state index < -0.39 is 34.0 Å². The number of amides is 3. The number of rotatable bonds is 6. The van der Waals surface area contributed by atoms with Gasteiger partial charge in [0.05, 0.1) is 10.5 Å². The first-order valence-corrected chi connectivity index (χ1v) is 10.2. The summed E-state index contributed by atoms with van der Waals surface area (Å²) in [5.74, 6) is -1.44. The highest BCUT2D eigenvalue weighted by atomic mass is 32.2. The van der Waals surface area contributed by atoms with E-state index in [4.69, 9.17) is 4.74 Å². The molecular weight excluding hydrogens is 398 g/mol. The number of ether oxygens (including phenoxy) is 1. The number of anilines is 1. The topological polar surface area (TPSA) is 122 Å². The molecule has 0 aromatic heterocycles. The zero-order valence-electron chi connectivity index (χ0n) is 15.5. The number of imide groups is 1. The second-order valence-corrected chi connectivity index (χ2v) is 7.95. The third kappa shape index (κ3) is 4.72. The van der Waals surface area contributed by atoms with E-state index >= 15 is 0 Å². The summed E-state index contributed by atoms with van der Waals surface area (Å²) in [5.41, 5.74) is 0.227. The van der Waals surface area contributed by atoms with Crippen LogP contribution in [0.5, 0.6) is 0 Å². The molecule has 1 saturated heterocycles. The normalized spacial score (nSPS) is 14.8. The van der Waals surface area contributed by atoms with Crippen molar-refractivity contribution in [2.75, 3.05) is 17.8 Å². The van der Waals surface area contributed by atoms with Crippen molar-refractivity contribution in [2.24, 2.45) is 0 Å². The molecule has 1 fully saturated rings. The van der Waals surface area contributed by atoms with Gasteiger partial charge in [0, 0.05) is 18.8 Å². The Morgan fingerprint density at radius 1 is 1.14 bits per heavy atom. The second-order valence-electron chi connectivity index (χ2n) is 6.27. The Morgan fingerprint density at radius 3 is 2.52 bits per heavy atom. The van der Waals surface area contributed by atoms with Crippen molar-refractivity contribution in [2.45, 2.75) is 17.9 Å². The maximum absolute atomic E-state index is 12.4. The molecule has 1 heterocycles. The van der Waals surface area contributed by atoms with E-state index in [0.29, 0.717) is 6.54 Å². The van der Waals surface area contributed by atoms with Gasteiger partial charge in [-0.3, -0.25) is 14.4 Å². The maximum Gasteiger partial charge on any atom is 0.338 e. The lowest BCUT2D eigenvalue weighted by Crippen LogP contribution is -2.41. The van der Waals surface area contributed by atoms with E-state index in [9.17, 15) is 22.8 Å². The van der Waals surface area contributed by atoms with Crippen molar-refractivity contribution >= 4 is 33.6 Å². The summed E-state index contributed by atoms with van der Waals surface area (Å²) in [6.07, 6.45) is -1.17. The van der Waals surface area contributed by atoms with Crippen LogP contribution in [0.4, 0.5) is 10.5 Å². The lowest BCUT2D eigenvalue weighted by atomic mass is 10.2. The summed E-state index contributed by atoms with van der Waals surface area (Å²) >= 11 is 0. The molecule has 1 atom stereocenters. The van der Waals surface area contributed by atoms with E-state index in [2.05, 4.69) is 10.0 Å². The van der Waals surface area contributed by atoms with Crippen LogP contribution in [0.25, 0.3) is 0 Å². The molecule has 2 N–H and O–H groups in total. The monoisotopic (exact) mass is 417 g/mol. The first-order chi connectivity index (χ1) is 13.8. The number of carbonyl (C=O) groups is 3. The number of hydrogen-bond donors (Lipinski definition) is 2. The largest absolute Gasteiger partial charge is 0.449 e. The van der Waals surface area contributed by atoms with E-state index in [1.54, 1.807) is 18.2 Å². The highest BCUT2D eigenvalue weighted by Crippen LogP contribution is 2.18. The molecule has 10 heteroatoms. The van der Waals surface area contributed by atoms with Crippen molar-refractivity contribution in [3.63, 3.8) is 0 Å². The molecule has 2 aromatic rings. The summed E-state index contributed by atoms with van der Waals surface area (Å²) in [7, 11) is -3.82.